The number of hydrogen-bond donors (Lipinski definition) is 1. The van der Waals surface area contributed by atoms with Crippen molar-refractivity contribution in [2.45, 2.75) is 46.5 Å². The minimum absolute atomic E-state index is 0.362. The Morgan fingerprint density at radius 1 is 1.26 bits per heavy atom. The summed E-state index contributed by atoms with van der Waals surface area (Å²) in [5, 5.41) is 5.58. The summed E-state index contributed by atoms with van der Waals surface area (Å²) in [6, 6.07) is 10.1. The van der Waals surface area contributed by atoms with Gasteiger partial charge < -0.3 is 0 Å². The van der Waals surface area contributed by atoms with Gasteiger partial charge in [0.1, 0.15) is 11.2 Å². The van der Waals surface area contributed by atoms with Crippen LogP contribution in [0.5, 0.6) is 0 Å². The molecular weight excluding hydrogens is 352 g/mol. The summed E-state index contributed by atoms with van der Waals surface area (Å²) in [7, 11) is 0. The molecule has 1 atom stereocenters. The molecule has 2 heterocycles. The number of hydrogen-bond acceptors (Lipinski definition) is 5. The number of rotatable bonds is 5. The average Bonchev–Trinajstić information content (AvgIpc) is 3.07. The number of nitrogens with zero attached hydrogens (tertiary/aromatic N) is 3. The van der Waals surface area contributed by atoms with Crippen LogP contribution in [0.3, 0.4) is 0 Å². The number of aromatic nitrogens is 2. The van der Waals surface area contributed by atoms with E-state index in [0.717, 1.165) is 29.1 Å². The summed E-state index contributed by atoms with van der Waals surface area (Å²) in [5.41, 5.74) is 6.03. The van der Waals surface area contributed by atoms with E-state index in [1.807, 2.05) is 47.9 Å². The molecule has 1 aliphatic rings. The minimum atomic E-state index is 0.362. The van der Waals surface area contributed by atoms with Crippen LogP contribution in [0.15, 0.2) is 41.8 Å². The van der Waals surface area contributed by atoms with E-state index in [1.54, 1.807) is 6.33 Å². The highest BCUT2D eigenvalue weighted by Crippen LogP contribution is 2.45. The lowest BCUT2D eigenvalue weighted by Gasteiger charge is -2.36. The predicted molar refractivity (Wildman–Crippen MR) is 115 cm³/mol. The monoisotopic (exact) mass is 378 g/mol. The first-order chi connectivity index (χ1) is 13.1. The Morgan fingerprint density at radius 3 is 2.85 bits per heavy atom. The number of aryl methyl sites for hydroxylation is 1. The zero-order valence-corrected chi connectivity index (χ0v) is 17.0. The molecular formula is C22H26N4S. The van der Waals surface area contributed by atoms with Gasteiger partial charge in [0, 0.05) is 4.88 Å². The Kier molecular flexibility index (Phi) is 4.96. The first-order valence-corrected chi connectivity index (χ1v) is 10.5. The summed E-state index contributed by atoms with van der Waals surface area (Å²) < 4.78 is 0. The second-order valence-electron chi connectivity index (χ2n) is 7.97. The first-order valence-electron chi connectivity index (χ1n) is 9.68. The molecule has 0 saturated heterocycles. The SMILES string of the molecule is CCC(C)(C)C1CCc2sc3ncnc(NN=Cc4ccccc4)c3c2C1. The lowest BCUT2D eigenvalue weighted by molar-refractivity contribution is 0.184. The van der Waals surface area contributed by atoms with Crippen LogP contribution in [0.1, 0.15) is 49.6 Å². The average molecular weight is 379 g/mol. The fourth-order valence-corrected chi connectivity index (χ4v) is 5.04. The van der Waals surface area contributed by atoms with E-state index in [2.05, 4.69) is 41.3 Å². The summed E-state index contributed by atoms with van der Waals surface area (Å²) in [6.45, 7) is 7.10. The fraction of sp³-hybridized carbons (Fsp3) is 0.409. The van der Waals surface area contributed by atoms with Crippen LogP contribution in [0.25, 0.3) is 10.2 Å². The molecule has 0 amide bonds. The van der Waals surface area contributed by atoms with E-state index in [0.29, 0.717) is 11.3 Å². The van der Waals surface area contributed by atoms with Gasteiger partial charge in [0.2, 0.25) is 0 Å². The van der Waals surface area contributed by atoms with Crippen LogP contribution in [0.2, 0.25) is 0 Å². The van der Waals surface area contributed by atoms with Gasteiger partial charge in [0.15, 0.2) is 5.82 Å². The van der Waals surface area contributed by atoms with Crippen LogP contribution in [-0.4, -0.2) is 16.2 Å². The summed E-state index contributed by atoms with van der Waals surface area (Å²) >= 11 is 1.82. The van der Waals surface area contributed by atoms with Crippen LogP contribution >= 0.6 is 11.3 Å². The largest absolute Gasteiger partial charge is 0.261 e. The van der Waals surface area contributed by atoms with Gasteiger partial charge in [0.25, 0.3) is 0 Å². The van der Waals surface area contributed by atoms with Crippen molar-refractivity contribution < 1.29 is 0 Å². The third-order valence-electron chi connectivity index (χ3n) is 6.04. The molecule has 0 aliphatic heterocycles. The van der Waals surface area contributed by atoms with Crippen LogP contribution < -0.4 is 5.43 Å². The molecule has 0 spiro atoms. The van der Waals surface area contributed by atoms with Crippen LogP contribution in [-0.2, 0) is 12.8 Å². The van der Waals surface area contributed by atoms with Gasteiger partial charge in [-0.2, -0.15) is 5.10 Å². The zero-order valence-electron chi connectivity index (χ0n) is 16.2. The van der Waals surface area contributed by atoms with Gasteiger partial charge >= 0.3 is 0 Å². The van der Waals surface area contributed by atoms with Crippen molar-refractivity contribution >= 4 is 33.6 Å². The molecule has 2 aromatic heterocycles. The van der Waals surface area contributed by atoms with Crippen molar-refractivity contribution in [2.75, 3.05) is 5.43 Å². The van der Waals surface area contributed by atoms with Crippen molar-refractivity contribution in [3.63, 3.8) is 0 Å². The number of benzene rings is 1. The molecule has 0 radical (unpaired) electrons. The second kappa shape index (κ2) is 7.39. The molecule has 1 unspecified atom stereocenters. The molecule has 1 aromatic carbocycles. The third-order valence-corrected chi connectivity index (χ3v) is 7.24. The number of thiophene rings is 1. The molecule has 1 aliphatic carbocycles. The third kappa shape index (κ3) is 3.61. The number of fused-ring (bicyclic) bond motifs is 3. The molecule has 27 heavy (non-hydrogen) atoms. The van der Waals surface area contributed by atoms with Crippen molar-refractivity contribution in [1.82, 2.24) is 9.97 Å². The van der Waals surface area contributed by atoms with Crippen molar-refractivity contribution in [3.8, 4) is 0 Å². The van der Waals surface area contributed by atoms with Gasteiger partial charge in [-0.25, -0.2) is 9.97 Å². The summed E-state index contributed by atoms with van der Waals surface area (Å²) in [4.78, 5) is 11.6. The van der Waals surface area contributed by atoms with E-state index in [4.69, 9.17) is 0 Å². The van der Waals surface area contributed by atoms with Gasteiger partial charge in [-0.05, 0) is 41.7 Å². The Morgan fingerprint density at radius 2 is 2.07 bits per heavy atom. The second-order valence-corrected chi connectivity index (χ2v) is 9.05. The number of hydrazone groups is 1. The smallest absolute Gasteiger partial charge is 0.158 e. The molecule has 4 nitrogen and oxygen atoms in total. The van der Waals surface area contributed by atoms with E-state index < -0.39 is 0 Å². The number of anilines is 1. The minimum Gasteiger partial charge on any atom is -0.261 e. The zero-order chi connectivity index (χ0) is 18.9. The van der Waals surface area contributed by atoms with Crippen LogP contribution in [0.4, 0.5) is 5.82 Å². The van der Waals surface area contributed by atoms with E-state index >= 15 is 0 Å². The molecule has 5 heteroatoms. The van der Waals surface area contributed by atoms with Crippen LogP contribution in [0, 0.1) is 11.3 Å². The highest BCUT2D eigenvalue weighted by Gasteiger charge is 2.33. The Balaban J connectivity index is 1.65. The molecule has 0 fully saturated rings. The maximum atomic E-state index is 4.54. The van der Waals surface area contributed by atoms with E-state index in [-0.39, 0.29) is 0 Å². The summed E-state index contributed by atoms with van der Waals surface area (Å²) in [6.07, 6.45) is 8.20. The molecule has 140 valence electrons. The quantitative estimate of drug-likeness (QED) is 0.459. The normalized spacial score (nSPS) is 17.4. The standard InChI is InChI=1S/C22H26N4S/c1-4-22(2,3)16-10-11-18-17(12-16)19-20(23-14-24-21(19)27-18)26-25-13-15-8-6-5-7-9-15/h5-9,13-14,16H,4,10-12H2,1-3H3,(H,23,24,26). The Labute approximate surface area is 164 Å². The van der Waals surface area contributed by atoms with Gasteiger partial charge in [-0.15, -0.1) is 11.3 Å². The van der Waals surface area contributed by atoms with E-state index in [9.17, 15) is 0 Å². The fourth-order valence-electron chi connectivity index (χ4n) is 3.86. The van der Waals surface area contributed by atoms with Crippen molar-refractivity contribution in [3.05, 3.63) is 52.7 Å². The Bertz CT molecular complexity index is 959. The maximum absolute atomic E-state index is 4.54. The molecule has 4 rings (SSSR count). The topological polar surface area (TPSA) is 50.2 Å². The molecule has 0 saturated carbocycles. The number of nitrogens with one attached hydrogen (secondary N) is 1. The Hall–Kier alpha value is -2.27. The molecule has 0 bridgehead atoms. The highest BCUT2D eigenvalue weighted by atomic mass is 32.1. The van der Waals surface area contributed by atoms with Crippen molar-refractivity contribution in [2.24, 2.45) is 16.4 Å². The molecule has 3 aromatic rings. The highest BCUT2D eigenvalue weighted by molar-refractivity contribution is 7.19. The molecule has 1 N–H and O–H groups in total. The van der Waals surface area contributed by atoms with E-state index in [1.165, 1.54) is 28.7 Å². The summed E-state index contributed by atoms with van der Waals surface area (Å²) in [5.74, 6) is 1.52. The van der Waals surface area contributed by atoms with Gasteiger partial charge in [-0.1, -0.05) is 57.5 Å². The van der Waals surface area contributed by atoms with Gasteiger partial charge in [-0.3, -0.25) is 5.43 Å². The predicted octanol–water partition coefficient (Wildman–Crippen LogP) is 5.68. The lowest BCUT2D eigenvalue weighted by atomic mass is 9.69. The van der Waals surface area contributed by atoms with Gasteiger partial charge in [0.05, 0.1) is 11.6 Å². The lowest BCUT2D eigenvalue weighted by Crippen LogP contribution is -2.28. The first kappa shape index (κ1) is 18.1. The van der Waals surface area contributed by atoms with Crippen molar-refractivity contribution in [1.29, 1.82) is 0 Å². The maximum Gasteiger partial charge on any atom is 0.158 e.